The summed E-state index contributed by atoms with van der Waals surface area (Å²) in [6.45, 7) is 6.83. The molecule has 5 rings (SSSR count). The summed E-state index contributed by atoms with van der Waals surface area (Å²) < 4.78 is 7.39. The lowest BCUT2D eigenvalue weighted by Crippen LogP contribution is -2.37. The summed E-state index contributed by atoms with van der Waals surface area (Å²) in [6.07, 6.45) is 5.27. The van der Waals surface area contributed by atoms with E-state index in [1.165, 1.54) is 5.56 Å². The maximum absolute atomic E-state index is 5.49. The zero-order valence-corrected chi connectivity index (χ0v) is 18.1. The van der Waals surface area contributed by atoms with E-state index in [1.807, 2.05) is 35.8 Å². The Hall–Kier alpha value is -3.85. The maximum atomic E-state index is 5.49. The Morgan fingerprint density at radius 2 is 1.94 bits per heavy atom. The van der Waals surface area contributed by atoms with E-state index < -0.39 is 0 Å². The SMILES string of the molecule is Cc1cccc(/C=N/Nc2nc(N3CCOCC3)nc3c2ncn3-c2ncccc2C)c1. The van der Waals surface area contributed by atoms with E-state index in [1.54, 1.807) is 18.7 Å². The molecule has 1 fully saturated rings. The maximum Gasteiger partial charge on any atom is 0.229 e. The molecule has 1 aliphatic rings. The van der Waals surface area contributed by atoms with Gasteiger partial charge in [0, 0.05) is 19.3 Å². The molecule has 4 heterocycles. The number of ether oxygens (including phenoxy) is 1. The lowest BCUT2D eigenvalue weighted by Gasteiger charge is -2.27. The van der Waals surface area contributed by atoms with Crippen molar-refractivity contribution in [2.24, 2.45) is 5.10 Å². The number of imidazole rings is 1. The van der Waals surface area contributed by atoms with Crippen LogP contribution in [0.3, 0.4) is 0 Å². The summed E-state index contributed by atoms with van der Waals surface area (Å²) in [5.74, 6) is 1.95. The number of benzene rings is 1. The van der Waals surface area contributed by atoms with Gasteiger partial charge < -0.3 is 9.64 Å². The molecule has 32 heavy (non-hydrogen) atoms. The number of nitrogens with one attached hydrogen (secondary N) is 1. The number of hydrazone groups is 1. The van der Waals surface area contributed by atoms with Crippen molar-refractivity contribution in [3.63, 3.8) is 0 Å². The molecule has 0 amide bonds. The number of pyridine rings is 1. The molecule has 162 valence electrons. The molecular weight excluding hydrogens is 404 g/mol. The molecule has 0 aliphatic carbocycles. The van der Waals surface area contributed by atoms with Gasteiger partial charge in [-0.1, -0.05) is 35.9 Å². The minimum absolute atomic E-state index is 0.549. The summed E-state index contributed by atoms with van der Waals surface area (Å²) >= 11 is 0. The summed E-state index contributed by atoms with van der Waals surface area (Å²) in [5.41, 5.74) is 7.61. The van der Waals surface area contributed by atoms with Gasteiger partial charge >= 0.3 is 0 Å². The van der Waals surface area contributed by atoms with Crippen LogP contribution in [0.1, 0.15) is 16.7 Å². The normalized spacial score (nSPS) is 14.4. The second-order valence-electron chi connectivity index (χ2n) is 7.69. The van der Waals surface area contributed by atoms with E-state index in [9.17, 15) is 0 Å². The number of hydrogen-bond donors (Lipinski definition) is 1. The predicted molar refractivity (Wildman–Crippen MR) is 125 cm³/mol. The molecule has 1 saturated heterocycles. The molecule has 0 bridgehead atoms. The van der Waals surface area contributed by atoms with Gasteiger partial charge in [-0.15, -0.1) is 0 Å². The quantitative estimate of drug-likeness (QED) is 0.386. The minimum Gasteiger partial charge on any atom is -0.378 e. The molecule has 0 spiro atoms. The second-order valence-corrected chi connectivity index (χ2v) is 7.69. The van der Waals surface area contributed by atoms with Gasteiger partial charge in [0.1, 0.15) is 12.1 Å². The number of anilines is 2. The molecule has 0 unspecified atom stereocenters. The van der Waals surface area contributed by atoms with Gasteiger partial charge in [-0.2, -0.15) is 15.1 Å². The van der Waals surface area contributed by atoms with Gasteiger partial charge in [0.05, 0.1) is 19.4 Å². The van der Waals surface area contributed by atoms with Crippen molar-refractivity contribution in [3.8, 4) is 5.82 Å². The first-order chi connectivity index (χ1) is 15.7. The smallest absolute Gasteiger partial charge is 0.229 e. The molecular formula is C23H24N8O. The Bertz CT molecular complexity index is 1280. The molecule has 4 aromatic rings. The summed E-state index contributed by atoms with van der Waals surface area (Å²) in [5, 5.41) is 4.42. The first-order valence-corrected chi connectivity index (χ1v) is 10.5. The van der Waals surface area contributed by atoms with Crippen molar-refractivity contribution in [3.05, 3.63) is 65.6 Å². The molecule has 1 aliphatic heterocycles. The van der Waals surface area contributed by atoms with Crippen molar-refractivity contribution in [2.75, 3.05) is 36.6 Å². The van der Waals surface area contributed by atoms with Crippen LogP contribution in [-0.2, 0) is 4.74 Å². The third-order valence-corrected chi connectivity index (χ3v) is 5.31. The van der Waals surface area contributed by atoms with Crippen molar-refractivity contribution < 1.29 is 4.74 Å². The van der Waals surface area contributed by atoms with Gasteiger partial charge in [-0.3, -0.25) is 9.99 Å². The monoisotopic (exact) mass is 428 g/mol. The van der Waals surface area contributed by atoms with Crippen LogP contribution >= 0.6 is 0 Å². The van der Waals surface area contributed by atoms with Crippen LogP contribution < -0.4 is 10.3 Å². The van der Waals surface area contributed by atoms with Crippen LogP contribution in [0, 0.1) is 13.8 Å². The van der Waals surface area contributed by atoms with E-state index in [-0.39, 0.29) is 0 Å². The van der Waals surface area contributed by atoms with Crippen molar-refractivity contribution in [1.82, 2.24) is 24.5 Å². The minimum atomic E-state index is 0.549. The van der Waals surface area contributed by atoms with Crippen LogP contribution in [0.2, 0.25) is 0 Å². The van der Waals surface area contributed by atoms with Crippen LogP contribution in [0.15, 0.2) is 54.0 Å². The number of aromatic nitrogens is 5. The van der Waals surface area contributed by atoms with Crippen molar-refractivity contribution >= 4 is 29.1 Å². The Balaban J connectivity index is 1.57. The van der Waals surface area contributed by atoms with Gasteiger partial charge in [0.15, 0.2) is 17.0 Å². The Labute approximate surface area is 185 Å². The molecule has 1 N–H and O–H groups in total. The number of rotatable bonds is 5. The van der Waals surface area contributed by atoms with Crippen LogP contribution in [0.5, 0.6) is 0 Å². The van der Waals surface area contributed by atoms with Crippen molar-refractivity contribution in [1.29, 1.82) is 0 Å². The molecule has 3 aromatic heterocycles. The van der Waals surface area contributed by atoms with Gasteiger partial charge in [-0.25, -0.2) is 9.97 Å². The summed E-state index contributed by atoms with van der Waals surface area (Å²) in [4.78, 5) is 20.8. The fraction of sp³-hybridized carbons (Fsp3) is 0.261. The number of fused-ring (bicyclic) bond motifs is 1. The van der Waals surface area contributed by atoms with Crippen LogP contribution in [-0.4, -0.2) is 57.0 Å². The Morgan fingerprint density at radius 3 is 2.75 bits per heavy atom. The zero-order valence-electron chi connectivity index (χ0n) is 18.1. The average Bonchev–Trinajstić information content (AvgIpc) is 3.24. The third-order valence-electron chi connectivity index (χ3n) is 5.31. The third kappa shape index (κ3) is 4.02. The predicted octanol–water partition coefficient (Wildman–Crippen LogP) is 3.11. The van der Waals surface area contributed by atoms with E-state index in [0.717, 1.165) is 30.0 Å². The fourth-order valence-corrected chi connectivity index (χ4v) is 3.67. The summed E-state index contributed by atoms with van der Waals surface area (Å²) in [6, 6.07) is 12.1. The highest BCUT2D eigenvalue weighted by Crippen LogP contribution is 2.25. The number of morpholine rings is 1. The molecule has 0 atom stereocenters. The second kappa shape index (κ2) is 8.72. The van der Waals surface area contributed by atoms with Crippen LogP contribution in [0.4, 0.5) is 11.8 Å². The molecule has 9 heteroatoms. The highest BCUT2D eigenvalue weighted by molar-refractivity contribution is 5.87. The van der Waals surface area contributed by atoms with E-state index in [0.29, 0.717) is 36.1 Å². The molecule has 0 saturated carbocycles. The Kier molecular flexibility index (Phi) is 5.47. The van der Waals surface area contributed by atoms with Crippen LogP contribution in [0.25, 0.3) is 17.0 Å². The van der Waals surface area contributed by atoms with Gasteiger partial charge in [0.25, 0.3) is 0 Å². The first kappa shape index (κ1) is 20.1. The largest absolute Gasteiger partial charge is 0.378 e. The van der Waals surface area contributed by atoms with E-state index in [4.69, 9.17) is 14.7 Å². The molecule has 0 radical (unpaired) electrons. The Morgan fingerprint density at radius 1 is 1.06 bits per heavy atom. The topological polar surface area (TPSA) is 93.4 Å². The summed E-state index contributed by atoms with van der Waals surface area (Å²) in [7, 11) is 0. The van der Waals surface area contributed by atoms with Crippen molar-refractivity contribution in [2.45, 2.75) is 13.8 Å². The number of hydrogen-bond acceptors (Lipinski definition) is 8. The fourth-order valence-electron chi connectivity index (χ4n) is 3.67. The standard InChI is InChI=1S/C23H24N8O/c1-16-5-3-7-18(13-16)14-26-29-20-19-22(28-23(27-20)30-9-11-32-12-10-30)31(15-25-19)21-17(2)6-4-8-24-21/h3-8,13-15H,9-12H2,1-2H3,(H,27,28,29)/b26-14+. The average molecular weight is 429 g/mol. The lowest BCUT2D eigenvalue weighted by atomic mass is 10.2. The van der Waals surface area contributed by atoms with Gasteiger partial charge in [-0.05, 0) is 31.0 Å². The van der Waals surface area contributed by atoms with E-state index in [2.05, 4.69) is 44.5 Å². The number of nitrogens with zero attached hydrogens (tertiary/aromatic N) is 7. The molecule has 9 nitrogen and oxygen atoms in total. The number of aryl methyl sites for hydroxylation is 2. The molecule has 1 aromatic carbocycles. The lowest BCUT2D eigenvalue weighted by molar-refractivity contribution is 0.122. The van der Waals surface area contributed by atoms with E-state index >= 15 is 0 Å². The highest BCUT2D eigenvalue weighted by Gasteiger charge is 2.20. The van der Waals surface area contributed by atoms with Gasteiger partial charge in [0.2, 0.25) is 5.95 Å². The highest BCUT2D eigenvalue weighted by atomic mass is 16.5. The first-order valence-electron chi connectivity index (χ1n) is 10.5. The zero-order chi connectivity index (χ0) is 21.9.